The fourth-order valence-electron chi connectivity index (χ4n) is 2.73. The van der Waals surface area contributed by atoms with Crippen molar-refractivity contribution in [2.45, 2.75) is 19.1 Å². The molecule has 0 saturated carbocycles. The molecule has 0 radical (unpaired) electrons. The second-order valence-corrected chi connectivity index (χ2v) is 6.18. The number of nitrogens with zero attached hydrogens (tertiary/aromatic N) is 2. The maximum absolute atomic E-state index is 12.9. The van der Waals surface area contributed by atoms with Gasteiger partial charge in [0.05, 0.1) is 5.56 Å². The lowest BCUT2D eigenvalue weighted by atomic mass is 10.0. The molecule has 1 atom stereocenters. The zero-order valence-electron chi connectivity index (χ0n) is 15.1. The normalized spacial score (nSPS) is 11.6. The van der Waals surface area contributed by atoms with Crippen LogP contribution in [-0.2, 0) is 17.9 Å². The second-order valence-electron chi connectivity index (χ2n) is 6.18. The van der Waals surface area contributed by atoms with Crippen LogP contribution in [0.4, 0.5) is 0 Å². The summed E-state index contributed by atoms with van der Waals surface area (Å²) in [4.78, 5) is 32.2. The summed E-state index contributed by atoms with van der Waals surface area (Å²) >= 11 is 0. The molecule has 28 heavy (non-hydrogen) atoms. The number of carboxylic acids is 1. The lowest BCUT2D eigenvalue weighted by molar-refractivity contribution is -0.123. The van der Waals surface area contributed by atoms with Crippen LogP contribution in [-0.4, -0.2) is 27.0 Å². The molecule has 0 fully saturated rings. The van der Waals surface area contributed by atoms with Crippen molar-refractivity contribution < 1.29 is 14.7 Å². The molecule has 0 aliphatic rings. The first-order chi connectivity index (χ1) is 13.6. The Morgan fingerprint density at radius 2 is 1.75 bits per heavy atom. The summed E-state index contributed by atoms with van der Waals surface area (Å²) in [6.07, 6.45) is 6.71. The van der Waals surface area contributed by atoms with Crippen molar-refractivity contribution in [2.24, 2.45) is 0 Å². The molecule has 0 aliphatic carbocycles. The average molecular weight is 376 g/mol. The third kappa shape index (κ3) is 5.21. The van der Waals surface area contributed by atoms with E-state index in [0.29, 0.717) is 18.7 Å². The molecule has 7 heteroatoms. The Morgan fingerprint density at radius 1 is 0.929 bits per heavy atom. The fourth-order valence-corrected chi connectivity index (χ4v) is 2.73. The number of pyridine rings is 2. The van der Waals surface area contributed by atoms with Crippen LogP contribution < -0.4 is 10.6 Å². The highest BCUT2D eigenvalue weighted by Gasteiger charge is 2.21. The van der Waals surface area contributed by atoms with Crippen LogP contribution in [0.25, 0.3) is 0 Å². The second kappa shape index (κ2) is 9.38. The lowest BCUT2D eigenvalue weighted by Crippen LogP contribution is -2.37. The number of amides is 1. The van der Waals surface area contributed by atoms with Crippen molar-refractivity contribution in [1.82, 2.24) is 20.6 Å². The van der Waals surface area contributed by atoms with Gasteiger partial charge in [-0.1, -0.05) is 18.2 Å². The van der Waals surface area contributed by atoms with Gasteiger partial charge < -0.3 is 10.4 Å². The molecule has 142 valence electrons. The highest BCUT2D eigenvalue weighted by atomic mass is 16.4. The number of benzene rings is 1. The maximum atomic E-state index is 12.9. The molecule has 1 amide bonds. The molecule has 0 saturated heterocycles. The van der Waals surface area contributed by atoms with E-state index < -0.39 is 12.0 Å². The first kappa shape index (κ1) is 19.2. The number of hydrogen-bond donors (Lipinski definition) is 3. The van der Waals surface area contributed by atoms with Gasteiger partial charge in [0.15, 0.2) is 0 Å². The molecule has 3 rings (SSSR count). The minimum Gasteiger partial charge on any atom is -0.478 e. The van der Waals surface area contributed by atoms with E-state index >= 15 is 0 Å². The molecule has 2 heterocycles. The van der Waals surface area contributed by atoms with Gasteiger partial charge in [-0.3, -0.25) is 20.1 Å². The van der Waals surface area contributed by atoms with Gasteiger partial charge in [-0.25, -0.2) is 4.79 Å². The van der Waals surface area contributed by atoms with E-state index in [2.05, 4.69) is 20.6 Å². The Morgan fingerprint density at radius 3 is 2.46 bits per heavy atom. The molecular formula is C21H20N4O3. The number of carbonyl (C=O) groups is 2. The number of aromatic carboxylic acids is 1. The Bertz CT molecular complexity index is 933. The largest absolute Gasteiger partial charge is 0.478 e. The summed E-state index contributed by atoms with van der Waals surface area (Å²) in [6, 6.07) is 13.1. The summed E-state index contributed by atoms with van der Waals surface area (Å²) in [6.45, 7) is 0.767. The van der Waals surface area contributed by atoms with Crippen LogP contribution in [0.2, 0.25) is 0 Å². The lowest BCUT2D eigenvalue weighted by Gasteiger charge is -2.19. The van der Waals surface area contributed by atoms with E-state index in [1.807, 2.05) is 18.2 Å². The van der Waals surface area contributed by atoms with E-state index in [1.54, 1.807) is 43.0 Å². The molecule has 0 aliphatic heterocycles. The molecule has 3 N–H and O–H groups in total. The topological polar surface area (TPSA) is 104 Å². The zero-order valence-corrected chi connectivity index (χ0v) is 15.1. The van der Waals surface area contributed by atoms with Gasteiger partial charge in [-0.05, 0) is 47.0 Å². The SMILES string of the molecule is O=C(O)c1cccc(C(NCc2ccncc2)C(=O)NCc2cccnc2)c1. The fraction of sp³-hybridized carbons (Fsp3) is 0.143. The van der Waals surface area contributed by atoms with Gasteiger partial charge >= 0.3 is 5.97 Å². The Labute approximate surface area is 162 Å². The van der Waals surface area contributed by atoms with Gasteiger partial charge in [-0.15, -0.1) is 0 Å². The van der Waals surface area contributed by atoms with Crippen molar-refractivity contribution in [1.29, 1.82) is 0 Å². The summed E-state index contributed by atoms with van der Waals surface area (Å²) in [5.74, 6) is -1.29. The highest BCUT2D eigenvalue weighted by molar-refractivity contribution is 5.89. The maximum Gasteiger partial charge on any atom is 0.335 e. The van der Waals surface area contributed by atoms with Gasteiger partial charge in [-0.2, -0.15) is 0 Å². The third-order valence-electron chi connectivity index (χ3n) is 4.18. The van der Waals surface area contributed by atoms with Crippen LogP contribution in [0, 0.1) is 0 Å². The first-order valence-corrected chi connectivity index (χ1v) is 8.75. The summed E-state index contributed by atoms with van der Waals surface area (Å²) in [5, 5.41) is 15.3. The van der Waals surface area contributed by atoms with Gasteiger partial charge in [0, 0.05) is 37.9 Å². The van der Waals surface area contributed by atoms with Crippen molar-refractivity contribution in [3.05, 3.63) is 95.6 Å². The molecule has 1 unspecified atom stereocenters. The van der Waals surface area contributed by atoms with Crippen LogP contribution in [0.1, 0.15) is 33.1 Å². The summed E-state index contributed by atoms with van der Waals surface area (Å²) < 4.78 is 0. The minimum absolute atomic E-state index is 0.133. The number of carbonyl (C=O) groups excluding carboxylic acids is 1. The number of hydrogen-bond acceptors (Lipinski definition) is 5. The monoisotopic (exact) mass is 376 g/mol. The van der Waals surface area contributed by atoms with Crippen LogP contribution in [0.15, 0.2) is 73.3 Å². The Kier molecular flexibility index (Phi) is 6.43. The molecular weight excluding hydrogens is 356 g/mol. The Balaban J connectivity index is 1.77. The van der Waals surface area contributed by atoms with E-state index in [4.69, 9.17) is 0 Å². The molecule has 2 aromatic heterocycles. The first-order valence-electron chi connectivity index (χ1n) is 8.75. The van der Waals surface area contributed by atoms with Crippen molar-refractivity contribution in [3.63, 3.8) is 0 Å². The molecule has 0 spiro atoms. The predicted octanol–water partition coefficient (Wildman–Crippen LogP) is 2.32. The average Bonchev–Trinajstić information content (AvgIpc) is 2.74. The number of aromatic nitrogens is 2. The molecule has 3 aromatic rings. The van der Waals surface area contributed by atoms with E-state index in [0.717, 1.165) is 11.1 Å². The van der Waals surface area contributed by atoms with Crippen molar-refractivity contribution in [2.75, 3.05) is 0 Å². The Hall–Kier alpha value is -3.58. The van der Waals surface area contributed by atoms with E-state index in [9.17, 15) is 14.7 Å². The van der Waals surface area contributed by atoms with Crippen LogP contribution in [0.3, 0.4) is 0 Å². The standard InChI is InChI=1S/C21H20N4O3/c26-20(25-14-16-3-2-8-23-12-16)19(24-13-15-6-9-22-10-7-15)17-4-1-5-18(11-17)21(27)28/h1-12,19,24H,13-14H2,(H,25,26)(H,27,28). The van der Waals surface area contributed by atoms with Crippen LogP contribution >= 0.6 is 0 Å². The van der Waals surface area contributed by atoms with Crippen molar-refractivity contribution >= 4 is 11.9 Å². The zero-order chi connectivity index (χ0) is 19.8. The van der Waals surface area contributed by atoms with E-state index in [1.165, 1.54) is 12.1 Å². The van der Waals surface area contributed by atoms with E-state index in [-0.39, 0.29) is 11.5 Å². The predicted molar refractivity (Wildman–Crippen MR) is 103 cm³/mol. The summed E-state index contributed by atoms with van der Waals surface area (Å²) in [7, 11) is 0. The van der Waals surface area contributed by atoms with Crippen LogP contribution in [0.5, 0.6) is 0 Å². The number of rotatable bonds is 8. The van der Waals surface area contributed by atoms with Crippen molar-refractivity contribution in [3.8, 4) is 0 Å². The van der Waals surface area contributed by atoms with Gasteiger partial charge in [0.25, 0.3) is 0 Å². The molecule has 0 bridgehead atoms. The highest BCUT2D eigenvalue weighted by Crippen LogP contribution is 2.17. The van der Waals surface area contributed by atoms with Gasteiger partial charge in [0.1, 0.15) is 6.04 Å². The minimum atomic E-state index is -1.04. The third-order valence-corrected chi connectivity index (χ3v) is 4.18. The number of nitrogens with one attached hydrogen (secondary N) is 2. The molecule has 7 nitrogen and oxygen atoms in total. The van der Waals surface area contributed by atoms with Gasteiger partial charge in [0.2, 0.25) is 5.91 Å². The molecule has 1 aromatic carbocycles. The summed E-state index contributed by atoms with van der Waals surface area (Å²) in [5.41, 5.74) is 2.56. The number of carboxylic acid groups (broad SMARTS) is 1. The smallest absolute Gasteiger partial charge is 0.335 e. The quantitative estimate of drug-likeness (QED) is 0.557.